The van der Waals surface area contributed by atoms with E-state index in [-0.39, 0.29) is 9.92 Å². The Labute approximate surface area is 140 Å². The molecule has 0 amide bonds. The van der Waals surface area contributed by atoms with Crippen LogP contribution in [0.15, 0.2) is 23.1 Å². The van der Waals surface area contributed by atoms with Crippen molar-refractivity contribution in [2.24, 2.45) is 5.92 Å². The van der Waals surface area contributed by atoms with Crippen molar-refractivity contribution in [1.29, 1.82) is 0 Å². The molecule has 0 unspecified atom stereocenters. The molecule has 0 aliphatic carbocycles. The molecular weight excluding hydrogens is 342 g/mol. The molecule has 1 aromatic carbocycles. The van der Waals surface area contributed by atoms with E-state index in [1.807, 2.05) is 6.92 Å². The quantitative estimate of drug-likeness (QED) is 0.619. The Morgan fingerprint density at radius 3 is 2.61 bits per heavy atom. The molecule has 1 N–H and O–H groups in total. The molecule has 7 nitrogen and oxygen atoms in total. The van der Waals surface area contributed by atoms with Crippen molar-refractivity contribution in [2.45, 2.75) is 24.7 Å². The van der Waals surface area contributed by atoms with Gasteiger partial charge in [-0.2, -0.15) is 4.31 Å². The van der Waals surface area contributed by atoms with Crippen LogP contribution in [0.5, 0.6) is 0 Å². The Balaban J connectivity index is 2.20. The average Bonchev–Trinajstić information content (AvgIpc) is 2.53. The maximum atomic E-state index is 12.7. The first-order valence-electron chi connectivity index (χ1n) is 7.51. The first kappa shape index (κ1) is 18.1. The Bertz CT molecular complexity index is 673. The van der Waals surface area contributed by atoms with E-state index in [1.54, 1.807) is 0 Å². The highest BCUT2D eigenvalue weighted by Crippen LogP contribution is 2.31. The monoisotopic (exact) mass is 361 g/mol. The molecule has 2 rings (SSSR count). The third-order valence-electron chi connectivity index (χ3n) is 3.99. The van der Waals surface area contributed by atoms with Crippen molar-refractivity contribution in [3.8, 4) is 0 Å². The third kappa shape index (κ3) is 4.20. The molecule has 1 aliphatic rings. The zero-order chi connectivity index (χ0) is 17.0. The second-order valence-corrected chi connectivity index (χ2v) is 7.87. The van der Waals surface area contributed by atoms with Crippen LogP contribution in [0, 0.1) is 16.0 Å². The van der Waals surface area contributed by atoms with Crippen molar-refractivity contribution in [1.82, 2.24) is 9.62 Å². The van der Waals surface area contributed by atoms with Crippen LogP contribution in [-0.2, 0) is 10.0 Å². The zero-order valence-corrected chi connectivity index (χ0v) is 14.4. The second-order valence-electron chi connectivity index (χ2n) is 5.52. The van der Waals surface area contributed by atoms with Crippen LogP contribution in [0.4, 0.5) is 5.69 Å². The molecule has 0 atom stereocenters. The number of hydrogen-bond donors (Lipinski definition) is 1. The molecule has 9 heteroatoms. The number of sulfonamides is 1. The van der Waals surface area contributed by atoms with Gasteiger partial charge in [-0.3, -0.25) is 10.1 Å². The minimum atomic E-state index is -3.92. The van der Waals surface area contributed by atoms with Crippen LogP contribution in [-0.4, -0.2) is 43.8 Å². The second kappa shape index (κ2) is 7.57. The first-order valence-corrected chi connectivity index (χ1v) is 9.33. The molecule has 128 valence electrons. The van der Waals surface area contributed by atoms with Crippen LogP contribution in [0.1, 0.15) is 19.8 Å². The van der Waals surface area contributed by atoms with Crippen LogP contribution < -0.4 is 5.32 Å². The number of nitro benzene ring substituents is 1. The molecule has 23 heavy (non-hydrogen) atoms. The molecule has 1 saturated heterocycles. The highest BCUT2D eigenvalue weighted by atomic mass is 35.5. The van der Waals surface area contributed by atoms with Gasteiger partial charge in [0, 0.05) is 24.2 Å². The smallest absolute Gasteiger partial charge is 0.289 e. The van der Waals surface area contributed by atoms with Gasteiger partial charge in [0.1, 0.15) is 0 Å². The summed E-state index contributed by atoms with van der Waals surface area (Å²) in [5.74, 6) is 0.427. The van der Waals surface area contributed by atoms with Crippen LogP contribution in [0.25, 0.3) is 0 Å². The summed E-state index contributed by atoms with van der Waals surface area (Å²) in [6.45, 7) is 4.50. The van der Waals surface area contributed by atoms with Gasteiger partial charge in [-0.1, -0.05) is 18.5 Å². The molecule has 0 bridgehead atoms. The maximum Gasteiger partial charge on any atom is 0.289 e. The molecule has 0 spiro atoms. The van der Waals surface area contributed by atoms with Crippen molar-refractivity contribution in [3.63, 3.8) is 0 Å². The van der Waals surface area contributed by atoms with E-state index in [0.717, 1.165) is 38.1 Å². The summed E-state index contributed by atoms with van der Waals surface area (Å²) in [5.41, 5.74) is -0.441. The van der Waals surface area contributed by atoms with Gasteiger partial charge in [-0.25, -0.2) is 8.42 Å². The highest BCUT2D eigenvalue weighted by Gasteiger charge is 2.34. The van der Waals surface area contributed by atoms with Gasteiger partial charge < -0.3 is 5.32 Å². The van der Waals surface area contributed by atoms with E-state index >= 15 is 0 Å². The number of benzene rings is 1. The summed E-state index contributed by atoms with van der Waals surface area (Å²) in [6, 6.07) is 3.61. The molecule has 0 radical (unpaired) electrons. The van der Waals surface area contributed by atoms with E-state index in [1.165, 1.54) is 10.4 Å². The molecule has 1 heterocycles. The predicted molar refractivity (Wildman–Crippen MR) is 88.1 cm³/mol. The number of halogens is 1. The molecule has 0 aromatic heterocycles. The van der Waals surface area contributed by atoms with Gasteiger partial charge >= 0.3 is 0 Å². The largest absolute Gasteiger partial charge is 0.317 e. The van der Waals surface area contributed by atoms with Gasteiger partial charge in [0.25, 0.3) is 5.69 Å². The molecule has 1 aliphatic heterocycles. The average molecular weight is 362 g/mol. The maximum absolute atomic E-state index is 12.7. The zero-order valence-electron chi connectivity index (χ0n) is 12.9. The van der Waals surface area contributed by atoms with E-state index in [9.17, 15) is 18.5 Å². The lowest BCUT2D eigenvalue weighted by atomic mass is 9.98. The third-order valence-corrected chi connectivity index (χ3v) is 6.16. The number of rotatable bonds is 6. The van der Waals surface area contributed by atoms with Crippen LogP contribution in [0.3, 0.4) is 0 Å². The van der Waals surface area contributed by atoms with Crippen molar-refractivity contribution in [2.75, 3.05) is 26.2 Å². The summed E-state index contributed by atoms with van der Waals surface area (Å²) < 4.78 is 26.8. The summed E-state index contributed by atoms with van der Waals surface area (Å²) >= 11 is 5.83. The Morgan fingerprint density at radius 1 is 1.39 bits per heavy atom. The van der Waals surface area contributed by atoms with E-state index in [0.29, 0.717) is 19.0 Å². The summed E-state index contributed by atoms with van der Waals surface area (Å²) in [7, 11) is -3.92. The molecule has 1 fully saturated rings. The lowest BCUT2D eigenvalue weighted by Gasteiger charge is -2.31. The normalized spacial score (nSPS) is 17.3. The lowest BCUT2D eigenvalue weighted by molar-refractivity contribution is -0.387. The number of piperidine rings is 1. The molecule has 1 aromatic rings. The number of nitrogens with zero attached hydrogens (tertiary/aromatic N) is 2. The SMILES string of the molecule is CCNCC1CCN(S(=O)(=O)c2cc(Cl)ccc2[N+](=O)[O-])CC1. The fourth-order valence-corrected chi connectivity index (χ4v) is 4.58. The number of nitro groups is 1. The van der Waals surface area contributed by atoms with E-state index in [4.69, 9.17) is 11.6 Å². The Kier molecular flexibility index (Phi) is 5.96. The minimum Gasteiger partial charge on any atom is -0.317 e. The molecular formula is C14H20ClN3O4S. The van der Waals surface area contributed by atoms with Crippen molar-refractivity contribution in [3.05, 3.63) is 33.3 Å². The van der Waals surface area contributed by atoms with Gasteiger partial charge in [-0.15, -0.1) is 0 Å². The van der Waals surface area contributed by atoms with Gasteiger partial charge in [0.05, 0.1) is 4.92 Å². The van der Waals surface area contributed by atoms with Gasteiger partial charge in [0.15, 0.2) is 4.90 Å². The standard InChI is InChI=1S/C14H20ClN3O4S/c1-2-16-10-11-5-7-17(8-6-11)23(21,22)14-9-12(15)3-4-13(14)18(19)20/h3-4,9,11,16H,2,5-8,10H2,1H3. The van der Waals surface area contributed by atoms with Gasteiger partial charge in [0.2, 0.25) is 10.0 Å². The number of nitrogens with one attached hydrogen (secondary N) is 1. The predicted octanol–water partition coefficient (Wildman–Crippen LogP) is 2.26. The Morgan fingerprint density at radius 2 is 2.04 bits per heavy atom. The van der Waals surface area contributed by atoms with Crippen LogP contribution in [0.2, 0.25) is 5.02 Å². The number of hydrogen-bond acceptors (Lipinski definition) is 5. The topological polar surface area (TPSA) is 92.6 Å². The fourth-order valence-electron chi connectivity index (χ4n) is 2.69. The fraction of sp³-hybridized carbons (Fsp3) is 0.571. The van der Waals surface area contributed by atoms with Crippen molar-refractivity contribution >= 4 is 27.3 Å². The minimum absolute atomic E-state index is 0.163. The lowest BCUT2D eigenvalue weighted by Crippen LogP contribution is -2.40. The van der Waals surface area contributed by atoms with Crippen LogP contribution >= 0.6 is 11.6 Å². The summed E-state index contributed by atoms with van der Waals surface area (Å²) in [4.78, 5) is 10.1. The molecule has 0 saturated carbocycles. The highest BCUT2D eigenvalue weighted by molar-refractivity contribution is 7.89. The van der Waals surface area contributed by atoms with E-state index in [2.05, 4.69) is 5.32 Å². The summed E-state index contributed by atoms with van der Waals surface area (Å²) in [5, 5.41) is 14.5. The van der Waals surface area contributed by atoms with Crippen molar-refractivity contribution < 1.29 is 13.3 Å². The summed E-state index contributed by atoms with van der Waals surface area (Å²) in [6.07, 6.45) is 1.47. The first-order chi connectivity index (χ1) is 10.9. The Hall–Kier alpha value is -1.22. The van der Waals surface area contributed by atoms with E-state index < -0.39 is 20.6 Å². The van der Waals surface area contributed by atoms with Gasteiger partial charge in [-0.05, 0) is 44.0 Å².